The molecule has 2 saturated heterocycles. The van der Waals surface area contributed by atoms with E-state index in [-0.39, 0.29) is 36.2 Å². The molecule has 132 valence electrons. The summed E-state index contributed by atoms with van der Waals surface area (Å²) in [6, 6.07) is 0.000373. The first-order valence-corrected chi connectivity index (χ1v) is 8.64. The van der Waals surface area contributed by atoms with Crippen molar-refractivity contribution in [2.75, 3.05) is 13.1 Å². The summed E-state index contributed by atoms with van der Waals surface area (Å²) < 4.78 is 26.6. The minimum absolute atomic E-state index is 0.00180. The molecule has 1 aromatic heterocycles. The monoisotopic (exact) mass is 348 g/mol. The summed E-state index contributed by atoms with van der Waals surface area (Å²) in [5, 5.41) is 0. The Balaban J connectivity index is 1.22. The fourth-order valence-corrected chi connectivity index (χ4v) is 4.88. The van der Waals surface area contributed by atoms with Crippen molar-refractivity contribution >= 4 is 11.8 Å². The summed E-state index contributed by atoms with van der Waals surface area (Å²) in [5.74, 6) is -2.94. The van der Waals surface area contributed by atoms with Gasteiger partial charge in [-0.3, -0.25) is 9.59 Å². The Labute approximate surface area is 143 Å². The summed E-state index contributed by atoms with van der Waals surface area (Å²) in [5.41, 5.74) is -0.425. The third kappa shape index (κ3) is 2.05. The molecule has 0 unspecified atom stereocenters. The molecule has 2 amide bonds. The maximum Gasteiger partial charge on any atom is 0.257 e. The van der Waals surface area contributed by atoms with Crippen LogP contribution in [-0.2, 0) is 4.79 Å². The molecular formula is C17H18F2N4O2. The Bertz CT molecular complexity index is 750. The highest BCUT2D eigenvalue weighted by atomic mass is 19.3. The molecular weight excluding hydrogens is 330 g/mol. The molecule has 8 heteroatoms. The zero-order chi connectivity index (χ0) is 17.4. The van der Waals surface area contributed by atoms with Crippen LogP contribution in [0.2, 0.25) is 0 Å². The van der Waals surface area contributed by atoms with Gasteiger partial charge in [-0.2, -0.15) is 0 Å². The number of rotatable bonds is 2. The molecule has 1 aromatic rings. The van der Waals surface area contributed by atoms with Gasteiger partial charge < -0.3 is 9.80 Å². The summed E-state index contributed by atoms with van der Waals surface area (Å²) in [6.45, 7) is 1.00. The van der Waals surface area contributed by atoms with Crippen LogP contribution < -0.4 is 0 Å². The minimum atomic E-state index is -2.56. The quantitative estimate of drug-likeness (QED) is 0.809. The first-order chi connectivity index (χ1) is 11.9. The Kier molecular flexibility index (Phi) is 2.87. The molecule has 0 radical (unpaired) electrons. The van der Waals surface area contributed by atoms with Gasteiger partial charge in [-0.1, -0.05) is 0 Å². The molecule has 4 fully saturated rings. The third-order valence-corrected chi connectivity index (χ3v) is 6.43. The Morgan fingerprint density at radius 2 is 1.68 bits per heavy atom. The summed E-state index contributed by atoms with van der Waals surface area (Å²) in [7, 11) is 0. The predicted molar refractivity (Wildman–Crippen MR) is 81.7 cm³/mol. The lowest BCUT2D eigenvalue weighted by atomic mass is 9.70. The van der Waals surface area contributed by atoms with Crippen molar-refractivity contribution in [2.24, 2.45) is 11.3 Å². The largest absolute Gasteiger partial charge is 0.336 e. The van der Waals surface area contributed by atoms with Crippen molar-refractivity contribution in [1.29, 1.82) is 0 Å². The van der Waals surface area contributed by atoms with Gasteiger partial charge in [0.1, 0.15) is 6.33 Å². The number of hydrogen-bond acceptors (Lipinski definition) is 4. The number of piperazine rings is 1. The summed E-state index contributed by atoms with van der Waals surface area (Å²) in [6.07, 6.45) is 5.70. The van der Waals surface area contributed by atoms with Gasteiger partial charge in [0.2, 0.25) is 5.91 Å². The SMILES string of the molecule is O=C(c1cncnc1)N1C[C@@H]2C[C@H]1CN2C(=O)C1CC2(C1)CC2(F)F. The zero-order valence-electron chi connectivity index (χ0n) is 13.6. The molecule has 2 saturated carbocycles. The van der Waals surface area contributed by atoms with Crippen LogP contribution in [0.15, 0.2) is 18.7 Å². The lowest BCUT2D eigenvalue weighted by Gasteiger charge is -2.41. The number of nitrogens with zero attached hydrogens (tertiary/aromatic N) is 4. The molecule has 2 bridgehead atoms. The molecule has 0 aromatic carbocycles. The predicted octanol–water partition coefficient (Wildman–Crippen LogP) is 1.34. The number of hydrogen-bond donors (Lipinski definition) is 0. The summed E-state index contributed by atoms with van der Waals surface area (Å²) >= 11 is 0. The van der Waals surface area contributed by atoms with E-state index in [1.807, 2.05) is 4.90 Å². The smallest absolute Gasteiger partial charge is 0.257 e. The van der Waals surface area contributed by atoms with E-state index in [1.165, 1.54) is 18.7 Å². The number of alkyl halides is 2. The molecule has 3 heterocycles. The molecule has 2 aliphatic heterocycles. The van der Waals surface area contributed by atoms with Crippen LogP contribution in [0.25, 0.3) is 0 Å². The highest BCUT2D eigenvalue weighted by molar-refractivity contribution is 5.94. The first-order valence-electron chi connectivity index (χ1n) is 8.64. The van der Waals surface area contributed by atoms with Crippen molar-refractivity contribution in [3.63, 3.8) is 0 Å². The minimum Gasteiger partial charge on any atom is -0.336 e. The molecule has 4 aliphatic rings. The van der Waals surface area contributed by atoms with Gasteiger partial charge >= 0.3 is 0 Å². The van der Waals surface area contributed by atoms with Crippen molar-refractivity contribution in [3.8, 4) is 0 Å². The van der Waals surface area contributed by atoms with Gasteiger partial charge in [-0.05, 0) is 19.3 Å². The second-order valence-electron chi connectivity index (χ2n) is 7.89. The Hall–Kier alpha value is -2.12. The van der Waals surface area contributed by atoms with Crippen LogP contribution in [0.1, 0.15) is 36.0 Å². The number of carbonyl (C=O) groups excluding carboxylic acids is 2. The second kappa shape index (κ2) is 4.74. The molecule has 2 atom stereocenters. The van der Waals surface area contributed by atoms with Crippen molar-refractivity contribution in [1.82, 2.24) is 19.8 Å². The number of fused-ring (bicyclic) bond motifs is 2. The van der Waals surface area contributed by atoms with Gasteiger partial charge in [-0.15, -0.1) is 0 Å². The Morgan fingerprint density at radius 3 is 2.24 bits per heavy atom. The number of halogens is 2. The van der Waals surface area contributed by atoms with E-state index >= 15 is 0 Å². The lowest BCUT2D eigenvalue weighted by Crippen LogP contribution is -2.53. The van der Waals surface area contributed by atoms with Crippen LogP contribution >= 0.6 is 0 Å². The third-order valence-electron chi connectivity index (χ3n) is 6.43. The maximum absolute atomic E-state index is 13.3. The van der Waals surface area contributed by atoms with E-state index in [0.717, 1.165) is 6.42 Å². The fourth-order valence-electron chi connectivity index (χ4n) is 4.88. The number of carbonyl (C=O) groups is 2. The van der Waals surface area contributed by atoms with E-state index < -0.39 is 11.3 Å². The van der Waals surface area contributed by atoms with E-state index in [9.17, 15) is 18.4 Å². The Morgan fingerprint density at radius 1 is 1.08 bits per heavy atom. The number of likely N-dealkylation sites (tertiary alicyclic amines) is 2. The van der Waals surface area contributed by atoms with Crippen LogP contribution in [-0.4, -0.2) is 62.7 Å². The van der Waals surface area contributed by atoms with E-state index in [2.05, 4.69) is 9.97 Å². The van der Waals surface area contributed by atoms with Gasteiger partial charge in [0.25, 0.3) is 11.8 Å². The van der Waals surface area contributed by atoms with E-state index in [4.69, 9.17) is 0 Å². The fraction of sp³-hybridized carbons (Fsp3) is 0.647. The normalized spacial score (nSPS) is 37.3. The van der Waals surface area contributed by atoms with E-state index in [1.54, 1.807) is 4.90 Å². The lowest BCUT2D eigenvalue weighted by molar-refractivity contribution is -0.145. The molecule has 5 rings (SSSR count). The molecule has 1 spiro atoms. The molecule has 2 aliphatic carbocycles. The van der Waals surface area contributed by atoms with Gasteiger partial charge in [0, 0.05) is 43.2 Å². The van der Waals surface area contributed by atoms with Crippen molar-refractivity contribution in [2.45, 2.75) is 43.7 Å². The van der Waals surface area contributed by atoms with Crippen LogP contribution in [0.4, 0.5) is 8.78 Å². The topological polar surface area (TPSA) is 66.4 Å². The second-order valence-corrected chi connectivity index (χ2v) is 7.89. The van der Waals surface area contributed by atoms with Crippen LogP contribution in [0.3, 0.4) is 0 Å². The number of amides is 2. The summed E-state index contributed by atoms with van der Waals surface area (Å²) in [4.78, 5) is 36.5. The first kappa shape index (κ1) is 15.2. The molecule has 6 nitrogen and oxygen atoms in total. The van der Waals surface area contributed by atoms with Gasteiger partial charge in [0.15, 0.2) is 0 Å². The average molecular weight is 348 g/mol. The molecule has 0 N–H and O–H groups in total. The average Bonchev–Trinajstić information content (AvgIpc) is 2.93. The van der Waals surface area contributed by atoms with E-state index in [0.29, 0.717) is 31.5 Å². The van der Waals surface area contributed by atoms with Crippen LogP contribution in [0, 0.1) is 11.3 Å². The zero-order valence-corrected chi connectivity index (χ0v) is 13.6. The standard InChI is InChI=1S/C17H18F2N4O2/c18-17(19)8-16(17)2-10(3-16)14(24)22-6-13-1-12(22)7-23(13)15(25)11-4-20-9-21-5-11/h4-5,9-10,12-13H,1-3,6-8H2/t10?,12-,13-,16?/m0/s1. The van der Waals surface area contributed by atoms with Crippen molar-refractivity contribution in [3.05, 3.63) is 24.3 Å². The number of aromatic nitrogens is 2. The van der Waals surface area contributed by atoms with Gasteiger partial charge in [0.05, 0.1) is 17.6 Å². The highest BCUT2D eigenvalue weighted by Crippen LogP contribution is 2.73. The maximum atomic E-state index is 13.3. The highest BCUT2D eigenvalue weighted by Gasteiger charge is 2.76. The van der Waals surface area contributed by atoms with Gasteiger partial charge in [-0.25, -0.2) is 18.7 Å². The van der Waals surface area contributed by atoms with Crippen molar-refractivity contribution < 1.29 is 18.4 Å². The molecule has 25 heavy (non-hydrogen) atoms. The van der Waals surface area contributed by atoms with Crippen LogP contribution in [0.5, 0.6) is 0 Å².